The van der Waals surface area contributed by atoms with Gasteiger partial charge in [-0.2, -0.15) is 4.98 Å². The van der Waals surface area contributed by atoms with Crippen LogP contribution in [0.1, 0.15) is 19.8 Å². The molecule has 0 aliphatic rings. The molecule has 1 unspecified atom stereocenters. The maximum Gasteiger partial charge on any atom is 0.214 e. The lowest BCUT2D eigenvalue weighted by molar-refractivity contribution is 0.398. The van der Waals surface area contributed by atoms with Gasteiger partial charge in [0.15, 0.2) is 0 Å². The summed E-state index contributed by atoms with van der Waals surface area (Å²) in [5, 5.41) is 3.29. The first-order chi connectivity index (χ1) is 7.30. The summed E-state index contributed by atoms with van der Waals surface area (Å²) >= 11 is 0. The molecular weight excluding hydrogens is 190 g/mol. The zero-order valence-electron chi connectivity index (χ0n) is 9.36. The molecule has 4 nitrogen and oxygen atoms in total. The predicted molar refractivity (Wildman–Crippen MR) is 62.2 cm³/mol. The highest BCUT2D eigenvalue weighted by molar-refractivity contribution is 5.38. The average molecular weight is 209 g/mol. The Bertz CT molecular complexity index is 291. The smallest absolute Gasteiger partial charge is 0.214 e. The van der Waals surface area contributed by atoms with Gasteiger partial charge in [-0.25, -0.2) is 0 Å². The lowest BCUT2D eigenvalue weighted by atomic mass is 10.1. The fraction of sp³-hybridized carbons (Fsp3) is 0.545. The van der Waals surface area contributed by atoms with Crippen molar-refractivity contribution >= 4 is 5.82 Å². The number of aromatic nitrogens is 1. The van der Waals surface area contributed by atoms with Gasteiger partial charge in [-0.15, -0.1) is 0 Å². The number of nitrogens with one attached hydrogen (secondary N) is 1. The first-order valence-corrected chi connectivity index (χ1v) is 5.27. The van der Waals surface area contributed by atoms with Gasteiger partial charge in [-0.1, -0.05) is 19.4 Å². The van der Waals surface area contributed by atoms with E-state index in [-0.39, 0.29) is 6.04 Å². The van der Waals surface area contributed by atoms with E-state index < -0.39 is 0 Å². The molecule has 0 aliphatic heterocycles. The van der Waals surface area contributed by atoms with E-state index in [1.807, 2.05) is 18.2 Å². The van der Waals surface area contributed by atoms with E-state index in [0.29, 0.717) is 12.4 Å². The molecule has 84 valence electrons. The molecule has 0 saturated heterocycles. The van der Waals surface area contributed by atoms with Crippen LogP contribution >= 0.6 is 0 Å². The Kier molecular flexibility index (Phi) is 4.90. The van der Waals surface area contributed by atoms with Crippen molar-refractivity contribution in [3.05, 3.63) is 18.2 Å². The van der Waals surface area contributed by atoms with E-state index in [2.05, 4.69) is 17.2 Å². The number of methoxy groups -OCH3 is 1. The van der Waals surface area contributed by atoms with Crippen LogP contribution in [-0.4, -0.2) is 24.7 Å². The molecule has 0 spiro atoms. The van der Waals surface area contributed by atoms with Crippen LogP contribution in [0.4, 0.5) is 5.82 Å². The molecule has 1 aromatic rings. The Morgan fingerprint density at radius 2 is 2.33 bits per heavy atom. The number of ether oxygens (including phenoxy) is 1. The van der Waals surface area contributed by atoms with Crippen molar-refractivity contribution in [2.45, 2.75) is 25.8 Å². The van der Waals surface area contributed by atoms with Crippen LogP contribution in [0, 0.1) is 0 Å². The van der Waals surface area contributed by atoms with Crippen LogP contribution in [0.15, 0.2) is 18.2 Å². The number of pyridine rings is 1. The number of nitrogens with zero attached hydrogens (tertiary/aromatic N) is 1. The van der Waals surface area contributed by atoms with Crippen molar-refractivity contribution in [1.29, 1.82) is 0 Å². The minimum atomic E-state index is 0.287. The molecule has 0 fully saturated rings. The van der Waals surface area contributed by atoms with Gasteiger partial charge in [0.2, 0.25) is 5.88 Å². The van der Waals surface area contributed by atoms with E-state index in [0.717, 1.165) is 18.7 Å². The van der Waals surface area contributed by atoms with E-state index >= 15 is 0 Å². The minimum absolute atomic E-state index is 0.287. The van der Waals surface area contributed by atoms with Gasteiger partial charge in [-0.05, 0) is 12.5 Å². The topological polar surface area (TPSA) is 60.2 Å². The third-order valence-electron chi connectivity index (χ3n) is 2.21. The molecule has 1 atom stereocenters. The molecule has 4 heteroatoms. The van der Waals surface area contributed by atoms with Crippen LogP contribution in [0.2, 0.25) is 0 Å². The van der Waals surface area contributed by atoms with Gasteiger partial charge < -0.3 is 15.8 Å². The molecule has 0 amide bonds. The van der Waals surface area contributed by atoms with Crippen LogP contribution in [0.3, 0.4) is 0 Å². The summed E-state index contributed by atoms with van der Waals surface area (Å²) in [7, 11) is 1.61. The number of rotatable bonds is 6. The Morgan fingerprint density at radius 1 is 1.53 bits per heavy atom. The highest BCUT2D eigenvalue weighted by Gasteiger charge is 2.05. The third kappa shape index (κ3) is 3.75. The number of hydrogen-bond donors (Lipinski definition) is 2. The predicted octanol–water partition coefficient (Wildman–Crippen LogP) is 1.63. The Labute approximate surface area is 90.8 Å². The van der Waals surface area contributed by atoms with Crippen molar-refractivity contribution in [1.82, 2.24) is 4.98 Å². The lowest BCUT2D eigenvalue weighted by Gasteiger charge is -2.16. The fourth-order valence-electron chi connectivity index (χ4n) is 1.42. The van der Waals surface area contributed by atoms with Crippen molar-refractivity contribution in [2.24, 2.45) is 5.73 Å². The first-order valence-electron chi connectivity index (χ1n) is 5.27. The third-order valence-corrected chi connectivity index (χ3v) is 2.21. The second-order valence-electron chi connectivity index (χ2n) is 3.43. The summed E-state index contributed by atoms with van der Waals surface area (Å²) in [5.41, 5.74) is 5.66. The summed E-state index contributed by atoms with van der Waals surface area (Å²) in [6.45, 7) is 2.76. The minimum Gasteiger partial charge on any atom is -0.481 e. The maximum absolute atomic E-state index is 5.66. The summed E-state index contributed by atoms with van der Waals surface area (Å²) in [6, 6.07) is 5.94. The van der Waals surface area contributed by atoms with Gasteiger partial charge >= 0.3 is 0 Å². The summed E-state index contributed by atoms with van der Waals surface area (Å²) < 4.78 is 5.05. The Hall–Kier alpha value is -1.29. The SMILES string of the molecule is CCCC(CN)Nc1cccc(OC)n1. The molecule has 3 N–H and O–H groups in total. The molecular formula is C11H19N3O. The molecule has 0 radical (unpaired) electrons. The van der Waals surface area contributed by atoms with Gasteiger partial charge in [-0.3, -0.25) is 0 Å². The standard InChI is InChI=1S/C11H19N3O/c1-3-5-9(8-12)13-10-6-4-7-11(14-10)15-2/h4,6-7,9H,3,5,8,12H2,1-2H3,(H,13,14). The molecule has 1 rings (SSSR count). The largest absolute Gasteiger partial charge is 0.481 e. The molecule has 1 heterocycles. The second kappa shape index (κ2) is 6.24. The molecule has 0 aromatic carbocycles. The quantitative estimate of drug-likeness (QED) is 0.747. The average Bonchev–Trinajstić information content (AvgIpc) is 2.29. The van der Waals surface area contributed by atoms with E-state index in [1.165, 1.54) is 0 Å². The van der Waals surface area contributed by atoms with Gasteiger partial charge in [0, 0.05) is 18.7 Å². The zero-order valence-corrected chi connectivity index (χ0v) is 9.36. The first kappa shape index (κ1) is 11.8. The van der Waals surface area contributed by atoms with Gasteiger partial charge in [0.25, 0.3) is 0 Å². The monoisotopic (exact) mass is 209 g/mol. The second-order valence-corrected chi connectivity index (χ2v) is 3.43. The normalized spacial score (nSPS) is 12.2. The highest BCUT2D eigenvalue weighted by atomic mass is 16.5. The van der Waals surface area contributed by atoms with E-state index in [9.17, 15) is 0 Å². The zero-order chi connectivity index (χ0) is 11.1. The van der Waals surface area contributed by atoms with E-state index in [1.54, 1.807) is 7.11 Å². The van der Waals surface area contributed by atoms with Crippen LogP contribution in [0.25, 0.3) is 0 Å². The number of anilines is 1. The number of hydrogen-bond acceptors (Lipinski definition) is 4. The summed E-state index contributed by atoms with van der Waals surface area (Å²) in [5.74, 6) is 1.44. The van der Waals surface area contributed by atoms with Crippen molar-refractivity contribution in [2.75, 3.05) is 19.0 Å². The van der Waals surface area contributed by atoms with E-state index in [4.69, 9.17) is 10.5 Å². The van der Waals surface area contributed by atoms with Crippen LogP contribution in [0.5, 0.6) is 5.88 Å². The Balaban J connectivity index is 2.61. The molecule has 0 saturated carbocycles. The van der Waals surface area contributed by atoms with Crippen molar-refractivity contribution < 1.29 is 4.74 Å². The molecule has 0 aliphatic carbocycles. The van der Waals surface area contributed by atoms with Gasteiger partial charge in [0.1, 0.15) is 5.82 Å². The van der Waals surface area contributed by atoms with Gasteiger partial charge in [0.05, 0.1) is 7.11 Å². The summed E-state index contributed by atoms with van der Waals surface area (Å²) in [4.78, 5) is 4.27. The van der Waals surface area contributed by atoms with Crippen molar-refractivity contribution in [3.8, 4) is 5.88 Å². The molecule has 15 heavy (non-hydrogen) atoms. The Morgan fingerprint density at radius 3 is 2.93 bits per heavy atom. The highest BCUT2D eigenvalue weighted by Crippen LogP contribution is 2.12. The van der Waals surface area contributed by atoms with Crippen LogP contribution < -0.4 is 15.8 Å². The molecule has 0 bridgehead atoms. The molecule has 1 aromatic heterocycles. The lowest BCUT2D eigenvalue weighted by Crippen LogP contribution is -2.28. The maximum atomic E-state index is 5.66. The fourth-order valence-corrected chi connectivity index (χ4v) is 1.42. The number of nitrogens with two attached hydrogens (primary N) is 1. The van der Waals surface area contributed by atoms with Crippen molar-refractivity contribution in [3.63, 3.8) is 0 Å². The van der Waals surface area contributed by atoms with Crippen LogP contribution in [-0.2, 0) is 0 Å². The summed E-state index contributed by atoms with van der Waals surface area (Å²) in [6.07, 6.45) is 2.16.